The number of halogens is 2. The van der Waals surface area contributed by atoms with E-state index in [1.54, 1.807) is 12.1 Å². The van der Waals surface area contributed by atoms with E-state index < -0.39 is 0 Å². The predicted octanol–water partition coefficient (Wildman–Crippen LogP) is 4.03. The summed E-state index contributed by atoms with van der Waals surface area (Å²) in [6, 6.07) is 5.63. The third-order valence-corrected chi connectivity index (χ3v) is 3.09. The highest BCUT2D eigenvalue weighted by molar-refractivity contribution is 9.10. The molecular weight excluding hydrogens is 269 g/mol. The maximum atomic E-state index is 13.2. The highest BCUT2D eigenvalue weighted by Crippen LogP contribution is 2.16. The molecule has 0 fully saturated rings. The molecule has 0 aliphatic heterocycles. The van der Waals surface area contributed by atoms with Gasteiger partial charge in [-0.15, -0.1) is 6.58 Å². The van der Waals surface area contributed by atoms with E-state index in [1.807, 2.05) is 12.1 Å². The van der Waals surface area contributed by atoms with Crippen molar-refractivity contribution in [3.8, 4) is 0 Å². The van der Waals surface area contributed by atoms with Gasteiger partial charge >= 0.3 is 0 Å². The second-order valence-corrected chi connectivity index (χ2v) is 4.75. The maximum absolute atomic E-state index is 13.2. The summed E-state index contributed by atoms with van der Waals surface area (Å²) in [6.07, 6.45) is 3.98. The molecule has 1 atom stereocenters. The Balaban J connectivity index is 2.42. The molecule has 1 aromatic rings. The van der Waals surface area contributed by atoms with E-state index in [2.05, 4.69) is 34.7 Å². The van der Waals surface area contributed by atoms with Gasteiger partial charge in [-0.05, 0) is 53.4 Å². The van der Waals surface area contributed by atoms with Crippen molar-refractivity contribution >= 4 is 15.9 Å². The molecular formula is C13H17BrFN. The summed E-state index contributed by atoms with van der Waals surface area (Å²) in [6.45, 7) is 6.51. The second kappa shape index (κ2) is 6.81. The third kappa shape index (κ3) is 4.45. The van der Waals surface area contributed by atoms with Gasteiger partial charge in [-0.25, -0.2) is 4.39 Å². The van der Waals surface area contributed by atoms with Crippen LogP contribution in [0.3, 0.4) is 0 Å². The van der Waals surface area contributed by atoms with Crippen molar-refractivity contribution in [2.45, 2.75) is 32.4 Å². The van der Waals surface area contributed by atoms with Crippen molar-refractivity contribution < 1.29 is 4.39 Å². The normalized spacial score (nSPS) is 12.4. The Bertz CT molecular complexity index is 352. The van der Waals surface area contributed by atoms with Crippen LogP contribution in [-0.2, 0) is 6.54 Å². The number of hydrogen-bond donors (Lipinski definition) is 1. The van der Waals surface area contributed by atoms with Crippen LogP contribution < -0.4 is 5.32 Å². The van der Waals surface area contributed by atoms with Gasteiger partial charge in [0.2, 0.25) is 0 Å². The molecule has 0 heterocycles. The lowest BCUT2D eigenvalue weighted by Crippen LogP contribution is -2.25. The zero-order chi connectivity index (χ0) is 12.0. The fraction of sp³-hybridized carbons (Fsp3) is 0.385. The van der Waals surface area contributed by atoms with Gasteiger partial charge in [0.05, 0.1) is 4.47 Å². The van der Waals surface area contributed by atoms with Gasteiger partial charge < -0.3 is 5.32 Å². The molecule has 88 valence electrons. The van der Waals surface area contributed by atoms with E-state index in [0.717, 1.165) is 18.4 Å². The van der Waals surface area contributed by atoms with Crippen molar-refractivity contribution in [3.63, 3.8) is 0 Å². The zero-order valence-electron chi connectivity index (χ0n) is 9.47. The maximum Gasteiger partial charge on any atom is 0.137 e. The number of hydrogen-bond acceptors (Lipinski definition) is 1. The van der Waals surface area contributed by atoms with Crippen LogP contribution >= 0.6 is 15.9 Å². The van der Waals surface area contributed by atoms with E-state index in [9.17, 15) is 4.39 Å². The summed E-state index contributed by atoms with van der Waals surface area (Å²) in [4.78, 5) is 0. The topological polar surface area (TPSA) is 12.0 Å². The van der Waals surface area contributed by atoms with Gasteiger partial charge in [-0.1, -0.05) is 12.1 Å². The lowest BCUT2D eigenvalue weighted by atomic mass is 10.1. The van der Waals surface area contributed by atoms with Crippen LogP contribution in [0.15, 0.2) is 35.3 Å². The highest BCUT2D eigenvalue weighted by Gasteiger charge is 2.03. The monoisotopic (exact) mass is 285 g/mol. The molecule has 0 amide bonds. The summed E-state index contributed by atoms with van der Waals surface area (Å²) < 4.78 is 13.7. The fourth-order valence-corrected chi connectivity index (χ4v) is 1.66. The Kier molecular flexibility index (Phi) is 5.71. The first kappa shape index (κ1) is 13.4. The molecule has 0 saturated carbocycles. The summed E-state index contributed by atoms with van der Waals surface area (Å²) in [5, 5.41) is 3.35. The highest BCUT2D eigenvalue weighted by atomic mass is 79.9. The molecule has 1 aromatic carbocycles. The van der Waals surface area contributed by atoms with Crippen molar-refractivity contribution in [1.82, 2.24) is 5.32 Å². The molecule has 0 saturated heterocycles. The molecule has 0 spiro atoms. The molecule has 1 unspecified atom stereocenters. The minimum absolute atomic E-state index is 0.210. The fourth-order valence-electron chi connectivity index (χ4n) is 1.41. The van der Waals surface area contributed by atoms with Crippen molar-refractivity contribution in [3.05, 3.63) is 46.7 Å². The van der Waals surface area contributed by atoms with Gasteiger partial charge in [0.1, 0.15) is 5.82 Å². The Labute approximate surface area is 105 Å². The summed E-state index contributed by atoms with van der Waals surface area (Å²) >= 11 is 3.14. The average molecular weight is 286 g/mol. The first-order valence-electron chi connectivity index (χ1n) is 5.41. The van der Waals surface area contributed by atoms with Crippen LogP contribution in [-0.4, -0.2) is 6.04 Å². The van der Waals surface area contributed by atoms with Crippen LogP contribution in [0.1, 0.15) is 25.3 Å². The Morgan fingerprint density at radius 1 is 1.56 bits per heavy atom. The number of nitrogens with one attached hydrogen (secondary N) is 1. The molecule has 1 N–H and O–H groups in total. The largest absolute Gasteiger partial charge is 0.310 e. The van der Waals surface area contributed by atoms with Crippen molar-refractivity contribution in [2.75, 3.05) is 0 Å². The van der Waals surface area contributed by atoms with E-state index >= 15 is 0 Å². The second-order valence-electron chi connectivity index (χ2n) is 3.90. The van der Waals surface area contributed by atoms with Crippen LogP contribution in [0.5, 0.6) is 0 Å². The predicted molar refractivity (Wildman–Crippen MR) is 69.8 cm³/mol. The average Bonchev–Trinajstić information content (AvgIpc) is 2.28. The first-order valence-corrected chi connectivity index (χ1v) is 6.21. The van der Waals surface area contributed by atoms with E-state index in [0.29, 0.717) is 17.1 Å². The number of allylic oxidation sites excluding steroid dienone is 1. The quantitative estimate of drug-likeness (QED) is 0.778. The first-order chi connectivity index (χ1) is 7.63. The van der Waals surface area contributed by atoms with Crippen LogP contribution in [0.2, 0.25) is 0 Å². The molecule has 0 bridgehead atoms. The Morgan fingerprint density at radius 2 is 2.31 bits per heavy atom. The standard InChI is InChI=1S/C13H17BrFN/c1-3-4-5-10(2)16-9-11-6-7-12(14)13(15)8-11/h3,6-8,10,16H,1,4-5,9H2,2H3. The van der Waals surface area contributed by atoms with Crippen LogP contribution in [0, 0.1) is 5.82 Å². The van der Waals surface area contributed by atoms with Gasteiger partial charge in [0, 0.05) is 12.6 Å². The molecule has 1 nitrogen and oxygen atoms in total. The molecule has 0 aliphatic rings. The van der Waals surface area contributed by atoms with Crippen molar-refractivity contribution in [2.24, 2.45) is 0 Å². The number of benzene rings is 1. The van der Waals surface area contributed by atoms with Crippen LogP contribution in [0.4, 0.5) is 4.39 Å². The SMILES string of the molecule is C=CCCC(C)NCc1ccc(Br)c(F)c1. The Morgan fingerprint density at radius 3 is 2.94 bits per heavy atom. The molecule has 0 aliphatic carbocycles. The van der Waals surface area contributed by atoms with Gasteiger partial charge in [-0.2, -0.15) is 0 Å². The van der Waals surface area contributed by atoms with E-state index in [-0.39, 0.29) is 5.82 Å². The molecule has 16 heavy (non-hydrogen) atoms. The molecule has 0 radical (unpaired) electrons. The number of rotatable bonds is 6. The smallest absolute Gasteiger partial charge is 0.137 e. The minimum Gasteiger partial charge on any atom is -0.310 e. The molecule has 0 aromatic heterocycles. The van der Waals surface area contributed by atoms with Gasteiger partial charge in [-0.3, -0.25) is 0 Å². The lowest BCUT2D eigenvalue weighted by Gasteiger charge is -2.12. The van der Waals surface area contributed by atoms with E-state index in [4.69, 9.17) is 0 Å². The minimum atomic E-state index is -0.210. The summed E-state index contributed by atoms with van der Waals surface area (Å²) in [5.41, 5.74) is 0.964. The van der Waals surface area contributed by atoms with Crippen molar-refractivity contribution in [1.29, 1.82) is 0 Å². The zero-order valence-corrected chi connectivity index (χ0v) is 11.1. The Hall–Kier alpha value is -0.670. The molecule has 1 rings (SSSR count). The molecule has 3 heteroatoms. The van der Waals surface area contributed by atoms with Gasteiger partial charge in [0.15, 0.2) is 0 Å². The third-order valence-electron chi connectivity index (χ3n) is 2.44. The summed E-state index contributed by atoms with van der Waals surface area (Å²) in [7, 11) is 0. The lowest BCUT2D eigenvalue weighted by molar-refractivity contribution is 0.516. The summed E-state index contributed by atoms with van der Waals surface area (Å²) in [5.74, 6) is -0.210. The van der Waals surface area contributed by atoms with Crippen LogP contribution in [0.25, 0.3) is 0 Å². The van der Waals surface area contributed by atoms with E-state index in [1.165, 1.54) is 0 Å². The van der Waals surface area contributed by atoms with Gasteiger partial charge in [0.25, 0.3) is 0 Å².